The molecule has 0 unspecified atom stereocenters. The Kier molecular flexibility index (Phi) is 3.10. The Labute approximate surface area is 145 Å². The maximum atomic E-state index is 4.70. The van der Waals surface area contributed by atoms with Crippen LogP contribution in [0.3, 0.4) is 0 Å². The van der Waals surface area contributed by atoms with E-state index in [2.05, 4.69) is 64.9 Å². The summed E-state index contributed by atoms with van der Waals surface area (Å²) in [5.41, 5.74) is 3.90. The lowest BCUT2D eigenvalue weighted by Gasteiger charge is -2.12. The number of para-hydroxylation sites is 2. The molecule has 0 saturated carbocycles. The van der Waals surface area contributed by atoms with E-state index < -0.39 is 0 Å². The van der Waals surface area contributed by atoms with Crippen LogP contribution in [0.25, 0.3) is 32.6 Å². The molecule has 5 aromatic rings. The number of pyridine rings is 2. The van der Waals surface area contributed by atoms with Crippen molar-refractivity contribution in [2.45, 2.75) is 0 Å². The van der Waals surface area contributed by atoms with Gasteiger partial charge in [-0.3, -0.25) is 9.97 Å². The van der Waals surface area contributed by atoms with Gasteiger partial charge in [-0.2, -0.15) is 0 Å². The summed E-state index contributed by atoms with van der Waals surface area (Å²) < 4.78 is 0. The van der Waals surface area contributed by atoms with E-state index in [-0.39, 0.29) is 0 Å². The van der Waals surface area contributed by atoms with E-state index in [1.54, 1.807) is 0 Å². The molecule has 0 fully saturated rings. The van der Waals surface area contributed by atoms with Crippen LogP contribution in [-0.2, 0) is 0 Å². The number of benzene rings is 3. The van der Waals surface area contributed by atoms with Crippen molar-refractivity contribution in [1.29, 1.82) is 0 Å². The standard InChI is InChI=1S/C22H15N3/c1-2-9-17-16(6-1)14-24-22-18(17)10-4-12-20(22)25-19-11-3-7-15-8-5-13-23-21(15)19/h1-14,25H. The van der Waals surface area contributed by atoms with Crippen molar-refractivity contribution < 1.29 is 0 Å². The van der Waals surface area contributed by atoms with E-state index in [0.29, 0.717) is 0 Å². The van der Waals surface area contributed by atoms with E-state index in [1.165, 1.54) is 5.39 Å². The van der Waals surface area contributed by atoms with Crippen molar-refractivity contribution in [3.05, 3.63) is 85.2 Å². The molecule has 2 heterocycles. The molecule has 5 rings (SSSR count). The van der Waals surface area contributed by atoms with Gasteiger partial charge in [0, 0.05) is 28.6 Å². The summed E-state index contributed by atoms with van der Waals surface area (Å²) >= 11 is 0. The molecule has 0 spiro atoms. The number of hydrogen-bond acceptors (Lipinski definition) is 3. The van der Waals surface area contributed by atoms with Crippen LogP contribution in [0.5, 0.6) is 0 Å². The van der Waals surface area contributed by atoms with Gasteiger partial charge in [0.15, 0.2) is 0 Å². The highest BCUT2D eigenvalue weighted by Gasteiger charge is 2.08. The van der Waals surface area contributed by atoms with Crippen molar-refractivity contribution in [2.24, 2.45) is 0 Å². The number of nitrogens with zero attached hydrogens (tertiary/aromatic N) is 2. The topological polar surface area (TPSA) is 37.8 Å². The number of aromatic nitrogens is 2. The van der Waals surface area contributed by atoms with Crippen molar-refractivity contribution in [3.63, 3.8) is 0 Å². The molecule has 3 nitrogen and oxygen atoms in total. The van der Waals surface area contributed by atoms with Gasteiger partial charge < -0.3 is 5.32 Å². The molecule has 0 radical (unpaired) electrons. The van der Waals surface area contributed by atoms with E-state index in [4.69, 9.17) is 4.98 Å². The summed E-state index contributed by atoms with van der Waals surface area (Å²) in [5.74, 6) is 0. The summed E-state index contributed by atoms with van der Waals surface area (Å²) in [6.07, 6.45) is 3.76. The summed E-state index contributed by atoms with van der Waals surface area (Å²) in [7, 11) is 0. The average molecular weight is 321 g/mol. The average Bonchev–Trinajstić information content (AvgIpc) is 2.68. The van der Waals surface area contributed by atoms with Crippen LogP contribution >= 0.6 is 0 Å². The predicted octanol–water partition coefficient (Wildman–Crippen LogP) is 5.68. The Morgan fingerprint density at radius 3 is 2.24 bits per heavy atom. The molecule has 0 aliphatic heterocycles. The second-order valence-corrected chi connectivity index (χ2v) is 6.05. The van der Waals surface area contributed by atoms with Crippen molar-refractivity contribution in [1.82, 2.24) is 9.97 Å². The van der Waals surface area contributed by atoms with Gasteiger partial charge in [0.2, 0.25) is 0 Å². The molecular weight excluding hydrogens is 306 g/mol. The Morgan fingerprint density at radius 1 is 0.560 bits per heavy atom. The number of nitrogens with one attached hydrogen (secondary N) is 1. The predicted molar refractivity (Wildman–Crippen MR) is 104 cm³/mol. The first-order valence-electron chi connectivity index (χ1n) is 8.27. The minimum absolute atomic E-state index is 0.961. The molecule has 0 amide bonds. The molecular formula is C22H15N3. The monoisotopic (exact) mass is 321 g/mol. The van der Waals surface area contributed by atoms with E-state index >= 15 is 0 Å². The maximum absolute atomic E-state index is 4.70. The van der Waals surface area contributed by atoms with Crippen LogP contribution in [0.15, 0.2) is 85.2 Å². The molecule has 0 bridgehead atoms. The van der Waals surface area contributed by atoms with Crippen LogP contribution in [-0.4, -0.2) is 9.97 Å². The fraction of sp³-hybridized carbons (Fsp3) is 0. The van der Waals surface area contributed by atoms with Crippen molar-refractivity contribution >= 4 is 44.0 Å². The molecule has 0 aliphatic carbocycles. The SMILES string of the molecule is c1cnc2c(Nc3cccc4c3ncc3ccccc34)cccc2c1. The molecule has 2 aromatic heterocycles. The third-order valence-electron chi connectivity index (χ3n) is 4.52. The zero-order valence-corrected chi connectivity index (χ0v) is 13.5. The Hall–Kier alpha value is -3.46. The van der Waals surface area contributed by atoms with Gasteiger partial charge >= 0.3 is 0 Å². The third kappa shape index (κ3) is 2.29. The quantitative estimate of drug-likeness (QED) is 0.425. The fourth-order valence-corrected chi connectivity index (χ4v) is 3.34. The van der Waals surface area contributed by atoms with Gasteiger partial charge in [-0.25, -0.2) is 0 Å². The van der Waals surface area contributed by atoms with Gasteiger partial charge in [0.05, 0.1) is 22.4 Å². The summed E-state index contributed by atoms with van der Waals surface area (Å²) in [4.78, 5) is 9.23. The Bertz CT molecular complexity index is 1220. The van der Waals surface area contributed by atoms with Crippen LogP contribution in [0.2, 0.25) is 0 Å². The molecule has 3 aromatic carbocycles. The largest absolute Gasteiger partial charge is 0.352 e. The summed E-state index contributed by atoms with van der Waals surface area (Å²) in [6, 6.07) is 24.8. The molecule has 118 valence electrons. The van der Waals surface area contributed by atoms with Crippen molar-refractivity contribution in [2.75, 3.05) is 5.32 Å². The van der Waals surface area contributed by atoms with E-state index in [1.807, 2.05) is 30.6 Å². The first-order valence-corrected chi connectivity index (χ1v) is 8.27. The maximum Gasteiger partial charge on any atom is 0.0943 e. The molecule has 25 heavy (non-hydrogen) atoms. The minimum Gasteiger partial charge on any atom is -0.352 e. The molecule has 0 aliphatic rings. The lowest BCUT2D eigenvalue weighted by atomic mass is 10.1. The second kappa shape index (κ2) is 5.56. The highest BCUT2D eigenvalue weighted by atomic mass is 14.9. The second-order valence-electron chi connectivity index (χ2n) is 6.05. The fourth-order valence-electron chi connectivity index (χ4n) is 3.34. The molecule has 0 atom stereocenters. The number of rotatable bonds is 2. The smallest absolute Gasteiger partial charge is 0.0943 e. The Morgan fingerprint density at radius 2 is 1.28 bits per heavy atom. The Balaban J connectivity index is 1.72. The van der Waals surface area contributed by atoms with Crippen LogP contribution in [0.1, 0.15) is 0 Å². The van der Waals surface area contributed by atoms with Crippen LogP contribution in [0.4, 0.5) is 11.4 Å². The van der Waals surface area contributed by atoms with Gasteiger partial charge in [-0.15, -0.1) is 0 Å². The first kappa shape index (κ1) is 13.9. The number of anilines is 2. The lowest BCUT2D eigenvalue weighted by Crippen LogP contribution is -1.95. The van der Waals surface area contributed by atoms with E-state index in [0.717, 1.165) is 38.6 Å². The highest BCUT2D eigenvalue weighted by Crippen LogP contribution is 2.31. The zero-order valence-electron chi connectivity index (χ0n) is 13.5. The zero-order chi connectivity index (χ0) is 16.6. The number of hydrogen-bond donors (Lipinski definition) is 1. The third-order valence-corrected chi connectivity index (χ3v) is 4.52. The van der Waals surface area contributed by atoms with Gasteiger partial charge in [0.1, 0.15) is 0 Å². The molecule has 1 N–H and O–H groups in total. The van der Waals surface area contributed by atoms with Crippen LogP contribution < -0.4 is 5.32 Å². The summed E-state index contributed by atoms with van der Waals surface area (Å²) in [5, 5.41) is 8.16. The lowest BCUT2D eigenvalue weighted by molar-refractivity contribution is 1.40. The van der Waals surface area contributed by atoms with Crippen molar-refractivity contribution in [3.8, 4) is 0 Å². The summed E-state index contributed by atoms with van der Waals surface area (Å²) in [6.45, 7) is 0. The molecule has 3 heteroatoms. The number of fused-ring (bicyclic) bond motifs is 4. The van der Waals surface area contributed by atoms with Gasteiger partial charge in [-0.05, 0) is 23.6 Å². The van der Waals surface area contributed by atoms with Gasteiger partial charge in [-0.1, -0.05) is 54.6 Å². The normalized spacial score (nSPS) is 11.2. The van der Waals surface area contributed by atoms with E-state index in [9.17, 15) is 0 Å². The minimum atomic E-state index is 0.961. The van der Waals surface area contributed by atoms with Gasteiger partial charge in [0.25, 0.3) is 0 Å². The highest BCUT2D eigenvalue weighted by molar-refractivity contribution is 6.09. The van der Waals surface area contributed by atoms with Crippen LogP contribution in [0, 0.1) is 0 Å². The molecule has 0 saturated heterocycles. The first-order chi connectivity index (χ1) is 12.4.